The number of aromatic nitrogens is 3. The fourth-order valence-electron chi connectivity index (χ4n) is 2.86. The van der Waals surface area contributed by atoms with Gasteiger partial charge in [0.05, 0.1) is 6.54 Å². The van der Waals surface area contributed by atoms with Gasteiger partial charge in [-0.3, -0.25) is 4.40 Å². The highest BCUT2D eigenvalue weighted by atomic mass is 15.3. The molecule has 0 bridgehead atoms. The van der Waals surface area contributed by atoms with Crippen molar-refractivity contribution in [3.05, 3.63) is 30.2 Å². The van der Waals surface area contributed by atoms with Gasteiger partial charge in [-0.15, -0.1) is 10.2 Å². The van der Waals surface area contributed by atoms with E-state index in [2.05, 4.69) is 29.4 Å². The predicted octanol–water partition coefficient (Wildman–Crippen LogP) is 2.40. The van der Waals surface area contributed by atoms with Crippen LogP contribution >= 0.6 is 0 Å². The maximum atomic E-state index is 4.24. The van der Waals surface area contributed by atoms with Gasteiger partial charge in [-0.25, -0.2) is 0 Å². The van der Waals surface area contributed by atoms with E-state index in [0.717, 1.165) is 18.0 Å². The highest BCUT2D eigenvalue weighted by molar-refractivity contribution is 5.36. The maximum absolute atomic E-state index is 4.24. The monoisotopic (exact) mass is 244 g/mol. The Labute approximate surface area is 107 Å². The third-order valence-corrected chi connectivity index (χ3v) is 3.90. The normalized spacial score (nSPS) is 22.7. The van der Waals surface area contributed by atoms with E-state index in [-0.39, 0.29) is 0 Å². The van der Waals surface area contributed by atoms with Gasteiger partial charge in [0.15, 0.2) is 11.5 Å². The summed E-state index contributed by atoms with van der Waals surface area (Å²) < 4.78 is 2.05. The summed E-state index contributed by atoms with van der Waals surface area (Å²) in [6, 6.07) is 6.60. The number of hydrogen-bond acceptors (Lipinski definition) is 3. The van der Waals surface area contributed by atoms with E-state index in [0.29, 0.717) is 11.5 Å². The molecule has 1 unspecified atom stereocenters. The highest BCUT2D eigenvalue weighted by Gasteiger charge is 2.30. The Morgan fingerprint density at radius 2 is 2.28 bits per heavy atom. The van der Waals surface area contributed by atoms with Crippen LogP contribution in [-0.4, -0.2) is 20.6 Å². The molecular weight excluding hydrogens is 224 g/mol. The van der Waals surface area contributed by atoms with Gasteiger partial charge in [-0.1, -0.05) is 19.9 Å². The molecule has 1 atom stereocenters. The van der Waals surface area contributed by atoms with Crippen molar-refractivity contribution in [1.82, 2.24) is 19.9 Å². The molecule has 0 saturated heterocycles. The third-order valence-electron chi connectivity index (χ3n) is 3.90. The number of hydrogen-bond donors (Lipinski definition) is 1. The quantitative estimate of drug-likeness (QED) is 0.901. The predicted molar refractivity (Wildman–Crippen MR) is 71.2 cm³/mol. The molecule has 4 nitrogen and oxygen atoms in total. The van der Waals surface area contributed by atoms with Gasteiger partial charge < -0.3 is 5.32 Å². The van der Waals surface area contributed by atoms with E-state index in [1.54, 1.807) is 0 Å². The fourth-order valence-corrected chi connectivity index (χ4v) is 2.86. The summed E-state index contributed by atoms with van der Waals surface area (Å²) in [4.78, 5) is 0. The van der Waals surface area contributed by atoms with Gasteiger partial charge in [0.1, 0.15) is 0 Å². The first-order valence-corrected chi connectivity index (χ1v) is 6.66. The molecule has 1 saturated carbocycles. The van der Waals surface area contributed by atoms with Crippen molar-refractivity contribution in [2.75, 3.05) is 0 Å². The molecule has 1 aliphatic rings. The lowest BCUT2D eigenvalue weighted by atomic mass is 9.92. The van der Waals surface area contributed by atoms with Crippen LogP contribution in [0.15, 0.2) is 24.4 Å². The minimum absolute atomic E-state index is 0.491. The van der Waals surface area contributed by atoms with Crippen molar-refractivity contribution in [3.63, 3.8) is 0 Å². The zero-order valence-corrected chi connectivity index (χ0v) is 11.1. The molecule has 1 aliphatic carbocycles. The molecular formula is C14H20N4. The van der Waals surface area contributed by atoms with Crippen LogP contribution in [0.5, 0.6) is 0 Å². The first-order valence-electron chi connectivity index (χ1n) is 6.66. The van der Waals surface area contributed by atoms with E-state index in [1.165, 1.54) is 19.3 Å². The SMILES string of the molecule is CC1(C)CCC(NCc2nnc3ccccn23)C1. The molecule has 96 valence electrons. The van der Waals surface area contributed by atoms with E-state index in [1.807, 2.05) is 28.8 Å². The van der Waals surface area contributed by atoms with Crippen molar-refractivity contribution < 1.29 is 0 Å². The van der Waals surface area contributed by atoms with Crippen molar-refractivity contribution in [2.24, 2.45) is 5.41 Å². The number of pyridine rings is 1. The second kappa shape index (κ2) is 4.35. The third kappa shape index (κ3) is 2.25. The van der Waals surface area contributed by atoms with Gasteiger partial charge in [-0.2, -0.15) is 0 Å². The number of fused-ring (bicyclic) bond motifs is 1. The molecule has 2 heterocycles. The smallest absolute Gasteiger partial charge is 0.160 e. The molecule has 18 heavy (non-hydrogen) atoms. The average Bonchev–Trinajstić information content (AvgIpc) is 2.90. The lowest BCUT2D eigenvalue weighted by Gasteiger charge is -2.17. The molecule has 2 aromatic rings. The van der Waals surface area contributed by atoms with E-state index in [9.17, 15) is 0 Å². The number of nitrogens with one attached hydrogen (secondary N) is 1. The second-order valence-corrected chi connectivity index (χ2v) is 6.03. The fraction of sp³-hybridized carbons (Fsp3) is 0.571. The summed E-state index contributed by atoms with van der Waals surface area (Å²) in [5, 5.41) is 12.0. The first-order chi connectivity index (χ1) is 8.64. The van der Waals surface area contributed by atoms with Crippen LogP contribution in [0.4, 0.5) is 0 Å². The zero-order valence-electron chi connectivity index (χ0n) is 11.1. The van der Waals surface area contributed by atoms with Gasteiger partial charge in [0.25, 0.3) is 0 Å². The van der Waals surface area contributed by atoms with E-state index < -0.39 is 0 Å². The molecule has 2 aromatic heterocycles. The maximum Gasteiger partial charge on any atom is 0.160 e. The van der Waals surface area contributed by atoms with Crippen LogP contribution < -0.4 is 5.32 Å². The summed E-state index contributed by atoms with van der Waals surface area (Å²) in [5.74, 6) is 0.996. The number of rotatable bonds is 3. The Balaban J connectivity index is 1.67. The van der Waals surface area contributed by atoms with Crippen LogP contribution in [0.1, 0.15) is 38.9 Å². The molecule has 1 fully saturated rings. The van der Waals surface area contributed by atoms with Crippen LogP contribution in [0.2, 0.25) is 0 Å². The molecule has 0 amide bonds. The van der Waals surface area contributed by atoms with Crippen molar-refractivity contribution in [3.8, 4) is 0 Å². The Kier molecular flexibility index (Phi) is 2.82. The van der Waals surface area contributed by atoms with Gasteiger partial charge in [0, 0.05) is 12.2 Å². The summed E-state index contributed by atoms with van der Waals surface area (Å²) >= 11 is 0. The van der Waals surface area contributed by atoms with E-state index in [4.69, 9.17) is 0 Å². The van der Waals surface area contributed by atoms with Gasteiger partial charge >= 0.3 is 0 Å². The Hall–Kier alpha value is -1.42. The van der Waals surface area contributed by atoms with Crippen LogP contribution in [-0.2, 0) is 6.54 Å². The lowest BCUT2D eigenvalue weighted by molar-refractivity contribution is 0.363. The van der Waals surface area contributed by atoms with E-state index >= 15 is 0 Å². The Morgan fingerprint density at radius 3 is 3.06 bits per heavy atom. The molecule has 0 aliphatic heterocycles. The van der Waals surface area contributed by atoms with Crippen LogP contribution in [0.25, 0.3) is 5.65 Å². The molecule has 4 heteroatoms. The molecule has 3 rings (SSSR count). The summed E-state index contributed by atoms with van der Waals surface area (Å²) in [5.41, 5.74) is 1.41. The minimum Gasteiger partial charge on any atom is -0.307 e. The number of nitrogens with zero attached hydrogens (tertiary/aromatic N) is 3. The molecule has 0 spiro atoms. The lowest BCUT2D eigenvalue weighted by Crippen LogP contribution is -2.27. The van der Waals surface area contributed by atoms with Crippen LogP contribution in [0, 0.1) is 5.41 Å². The minimum atomic E-state index is 0.491. The first kappa shape index (κ1) is 11.7. The molecule has 0 aromatic carbocycles. The Bertz CT molecular complexity index is 543. The zero-order chi connectivity index (χ0) is 12.6. The Morgan fingerprint density at radius 1 is 1.39 bits per heavy atom. The van der Waals surface area contributed by atoms with Crippen LogP contribution in [0.3, 0.4) is 0 Å². The topological polar surface area (TPSA) is 42.2 Å². The van der Waals surface area contributed by atoms with Crippen molar-refractivity contribution in [2.45, 2.75) is 45.7 Å². The summed E-state index contributed by atoms with van der Waals surface area (Å²) in [6.07, 6.45) is 5.85. The largest absolute Gasteiger partial charge is 0.307 e. The highest BCUT2D eigenvalue weighted by Crippen LogP contribution is 2.36. The summed E-state index contributed by atoms with van der Waals surface area (Å²) in [7, 11) is 0. The molecule has 1 N–H and O–H groups in total. The van der Waals surface area contributed by atoms with Gasteiger partial charge in [-0.05, 0) is 36.8 Å². The van der Waals surface area contributed by atoms with Crippen molar-refractivity contribution >= 4 is 5.65 Å². The van der Waals surface area contributed by atoms with Gasteiger partial charge in [0.2, 0.25) is 0 Å². The average molecular weight is 244 g/mol. The van der Waals surface area contributed by atoms with Crippen molar-refractivity contribution in [1.29, 1.82) is 0 Å². The molecule has 0 radical (unpaired) electrons. The standard InChI is InChI=1S/C14H20N4/c1-14(2)7-6-11(9-14)15-10-13-17-16-12-5-3-4-8-18(12)13/h3-5,8,11,15H,6-7,9-10H2,1-2H3. The second-order valence-electron chi connectivity index (χ2n) is 6.03. The summed E-state index contributed by atoms with van der Waals surface area (Å²) in [6.45, 7) is 5.49.